The normalized spacial score (nSPS) is 31.3. The first-order valence-corrected chi connectivity index (χ1v) is 22.9. The number of allylic oxidation sites excluding steroid dienone is 13. The summed E-state index contributed by atoms with van der Waals surface area (Å²) in [6.07, 6.45) is 52.3. The third-order valence-corrected chi connectivity index (χ3v) is 14.9. The molecular weight excluding hydrogens is 657 g/mol. The number of carbonyl (C=O) groups excluding carboxylic acids is 1. The molecule has 0 radical (unpaired) electrons. The average Bonchev–Trinajstić information content (AvgIpc) is 3.51. The Morgan fingerprint density at radius 2 is 1.35 bits per heavy atom. The number of carbonyl (C=O) groups is 1. The van der Waals surface area contributed by atoms with Crippen LogP contribution in [0.4, 0.5) is 0 Å². The third kappa shape index (κ3) is 12.8. The standard InChI is InChI=1S/C52H82O2/c1-8-9-10-11-12-13-14-15-16-17-18-19-20-21-22-23-24-25-26-27-28-29-50(53)54-45-36-38-51(6)44(40-45)32-33-46-48-35-34-47(52(48,7)39-37-49(46)51)43(5)31-30-42(4)41(2)3/h9-10,12-13,15-16,18-19,21-22,24-25,32,41-43,45-49H,8,11,14,17,20,23,26-31,33-40H2,1-7H3/b10-9-,13-12-,16-15-,19-18-,22-21-,25-24-. The van der Waals surface area contributed by atoms with Crippen LogP contribution < -0.4 is 0 Å². The molecule has 2 heteroatoms. The Bertz CT molecular complexity index is 1320. The molecule has 0 bridgehead atoms. The number of ether oxygens (including phenoxy) is 1. The van der Waals surface area contributed by atoms with Gasteiger partial charge in [-0.1, -0.05) is 146 Å². The Hall–Kier alpha value is -2.35. The van der Waals surface area contributed by atoms with E-state index in [0.29, 0.717) is 17.3 Å². The minimum atomic E-state index is 0.0167. The van der Waals surface area contributed by atoms with Crippen molar-refractivity contribution in [2.45, 2.75) is 183 Å². The first-order valence-electron chi connectivity index (χ1n) is 22.9. The summed E-state index contributed by atoms with van der Waals surface area (Å²) in [6.45, 7) is 17.3. The third-order valence-electron chi connectivity index (χ3n) is 14.9. The quantitative estimate of drug-likeness (QED) is 0.0628. The summed E-state index contributed by atoms with van der Waals surface area (Å²) in [5.41, 5.74) is 2.46. The van der Waals surface area contributed by atoms with Crippen LogP contribution in [-0.2, 0) is 9.53 Å². The minimum absolute atomic E-state index is 0.0167. The van der Waals surface area contributed by atoms with E-state index in [2.05, 4.69) is 127 Å². The van der Waals surface area contributed by atoms with Crippen LogP contribution in [0.3, 0.4) is 0 Å². The first-order chi connectivity index (χ1) is 26.1. The molecule has 0 heterocycles. The summed E-state index contributed by atoms with van der Waals surface area (Å²) >= 11 is 0. The fraction of sp³-hybridized carbons (Fsp3) is 0.712. The lowest BCUT2D eigenvalue weighted by molar-refractivity contribution is -0.151. The average molecular weight is 739 g/mol. The molecule has 3 fully saturated rings. The van der Waals surface area contributed by atoms with Crippen molar-refractivity contribution in [2.75, 3.05) is 0 Å². The smallest absolute Gasteiger partial charge is 0.306 e. The van der Waals surface area contributed by atoms with Crippen molar-refractivity contribution >= 4 is 5.97 Å². The lowest BCUT2D eigenvalue weighted by Crippen LogP contribution is -2.51. The van der Waals surface area contributed by atoms with E-state index < -0.39 is 0 Å². The van der Waals surface area contributed by atoms with Gasteiger partial charge in [0.25, 0.3) is 0 Å². The maximum Gasteiger partial charge on any atom is 0.306 e. The van der Waals surface area contributed by atoms with Gasteiger partial charge < -0.3 is 4.74 Å². The van der Waals surface area contributed by atoms with Gasteiger partial charge in [0.05, 0.1) is 0 Å². The van der Waals surface area contributed by atoms with Gasteiger partial charge in [-0.25, -0.2) is 0 Å². The Morgan fingerprint density at radius 3 is 1.96 bits per heavy atom. The van der Waals surface area contributed by atoms with Crippen molar-refractivity contribution in [3.63, 3.8) is 0 Å². The summed E-state index contributed by atoms with van der Waals surface area (Å²) in [7, 11) is 0. The van der Waals surface area contributed by atoms with E-state index in [1.54, 1.807) is 5.57 Å². The van der Waals surface area contributed by atoms with E-state index in [4.69, 9.17) is 4.74 Å². The topological polar surface area (TPSA) is 26.3 Å². The van der Waals surface area contributed by atoms with Gasteiger partial charge in [-0.15, -0.1) is 0 Å². The molecule has 0 aliphatic heterocycles. The number of hydrogen-bond acceptors (Lipinski definition) is 2. The molecule has 0 N–H and O–H groups in total. The molecule has 0 aromatic rings. The maximum absolute atomic E-state index is 12.9. The highest BCUT2D eigenvalue weighted by Crippen LogP contribution is 2.67. The molecule has 9 unspecified atom stereocenters. The molecular formula is C52H82O2. The van der Waals surface area contributed by atoms with Gasteiger partial charge in [0.2, 0.25) is 0 Å². The van der Waals surface area contributed by atoms with Gasteiger partial charge in [-0.3, -0.25) is 4.79 Å². The van der Waals surface area contributed by atoms with Crippen molar-refractivity contribution in [1.82, 2.24) is 0 Å². The Balaban J connectivity index is 1.08. The second kappa shape index (κ2) is 23.0. The number of hydrogen-bond donors (Lipinski definition) is 0. The monoisotopic (exact) mass is 739 g/mol. The van der Waals surface area contributed by atoms with E-state index in [1.165, 1.54) is 51.4 Å². The van der Waals surface area contributed by atoms with Gasteiger partial charge in [-0.05, 0) is 155 Å². The van der Waals surface area contributed by atoms with E-state index in [0.717, 1.165) is 112 Å². The SMILES string of the molecule is CC/C=C\C/C=C\C/C=C\C/C=C\C/C=C\C/C=C\CCCCC(=O)OC1CCC2(C)C(=CCC3C2CCC2(C)C(C(C)CCC(C)C(C)C)CCC32)C1. The van der Waals surface area contributed by atoms with Crippen LogP contribution in [0.5, 0.6) is 0 Å². The summed E-state index contributed by atoms with van der Waals surface area (Å²) < 4.78 is 6.12. The van der Waals surface area contributed by atoms with Crippen molar-refractivity contribution in [1.29, 1.82) is 0 Å². The molecule has 0 spiro atoms. The predicted molar refractivity (Wildman–Crippen MR) is 234 cm³/mol. The zero-order chi connectivity index (χ0) is 38.8. The van der Waals surface area contributed by atoms with Crippen molar-refractivity contribution in [2.24, 2.45) is 52.3 Å². The van der Waals surface area contributed by atoms with E-state index >= 15 is 0 Å². The van der Waals surface area contributed by atoms with Crippen LogP contribution in [0.25, 0.3) is 0 Å². The zero-order valence-electron chi connectivity index (χ0n) is 36.1. The van der Waals surface area contributed by atoms with Crippen LogP contribution in [-0.4, -0.2) is 12.1 Å². The second-order valence-corrected chi connectivity index (χ2v) is 18.8. The Morgan fingerprint density at radius 1 is 0.741 bits per heavy atom. The summed E-state index contributed by atoms with van der Waals surface area (Å²) in [5, 5.41) is 0. The molecule has 4 aliphatic carbocycles. The van der Waals surface area contributed by atoms with Gasteiger partial charge in [-0.2, -0.15) is 0 Å². The minimum Gasteiger partial charge on any atom is -0.462 e. The first kappa shape index (κ1) is 44.4. The molecule has 3 saturated carbocycles. The van der Waals surface area contributed by atoms with E-state index in [1.807, 2.05) is 0 Å². The van der Waals surface area contributed by atoms with Gasteiger partial charge in [0, 0.05) is 12.8 Å². The molecule has 4 aliphatic rings. The van der Waals surface area contributed by atoms with Gasteiger partial charge >= 0.3 is 5.97 Å². The van der Waals surface area contributed by atoms with Crippen molar-refractivity contribution in [3.8, 4) is 0 Å². The fourth-order valence-electron chi connectivity index (χ4n) is 11.2. The zero-order valence-corrected chi connectivity index (χ0v) is 36.1. The van der Waals surface area contributed by atoms with Gasteiger partial charge in [0.1, 0.15) is 6.10 Å². The molecule has 0 saturated heterocycles. The fourth-order valence-corrected chi connectivity index (χ4v) is 11.2. The van der Waals surface area contributed by atoms with Crippen molar-refractivity contribution in [3.05, 3.63) is 84.6 Å². The van der Waals surface area contributed by atoms with Crippen molar-refractivity contribution < 1.29 is 9.53 Å². The highest BCUT2D eigenvalue weighted by molar-refractivity contribution is 5.69. The predicted octanol–water partition coefficient (Wildman–Crippen LogP) is 15.4. The van der Waals surface area contributed by atoms with E-state index in [9.17, 15) is 4.79 Å². The molecule has 0 aromatic heterocycles. The Kier molecular flexibility index (Phi) is 18.9. The van der Waals surface area contributed by atoms with Crippen LogP contribution >= 0.6 is 0 Å². The van der Waals surface area contributed by atoms with Gasteiger partial charge in [0.15, 0.2) is 0 Å². The number of esters is 1. The van der Waals surface area contributed by atoms with E-state index in [-0.39, 0.29) is 12.1 Å². The second-order valence-electron chi connectivity index (χ2n) is 18.8. The number of rotatable bonds is 22. The number of unbranched alkanes of at least 4 members (excludes halogenated alkanes) is 2. The molecule has 0 amide bonds. The summed E-state index contributed by atoms with van der Waals surface area (Å²) in [6, 6.07) is 0. The number of fused-ring (bicyclic) bond motifs is 5. The van der Waals surface area contributed by atoms with Crippen LogP contribution in [0.2, 0.25) is 0 Å². The molecule has 4 rings (SSSR count). The van der Waals surface area contributed by atoms with Crippen LogP contribution in [0.1, 0.15) is 177 Å². The summed E-state index contributed by atoms with van der Waals surface area (Å²) in [4.78, 5) is 12.9. The lowest BCUT2D eigenvalue weighted by Gasteiger charge is -2.58. The largest absolute Gasteiger partial charge is 0.462 e. The molecule has 2 nitrogen and oxygen atoms in total. The lowest BCUT2D eigenvalue weighted by atomic mass is 9.47. The highest BCUT2D eigenvalue weighted by Gasteiger charge is 2.59. The summed E-state index contributed by atoms with van der Waals surface area (Å²) in [5.74, 6) is 5.97. The molecule has 9 atom stereocenters. The Labute approximate surface area is 334 Å². The van der Waals surface area contributed by atoms with Crippen LogP contribution in [0, 0.1) is 52.3 Å². The molecule has 54 heavy (non-hydrogen) atoms. The maximum atomic E-state index is 12.9. The highest BCUT2D eigenvalue weighted by atomic mass is 16.5. The molecule has 302 valence electrons. The van der Waals surface area contributed by atoms with Crippen LogP contribution in [0.15, 0.2) is 84.6 Å². The molecule has 0 aromatic carbocycles.